The Morgan fingerprint density at radius 3 is 1.97 bits per heavy atom. The standard InChI is InChI=1S/C22H28N2O5/c1-26-18-9-5-7-16(20(18)28-3)15-23-11-13-24(14-12-23)22(25)17-8-6-10-19(27-2)21(17)29-4/h5-10H,11-15H2,1-4H3. The van der Waals surface area contributed by atoms with Crippen LogP contribution in [0.1, 0.15) is 15.9 Å². The van der Waals surface area contributed by atoms with Crippen molar-refractivity contribution in [2.45, 2.75) is 6.54 Å². The second-order valence-corrected chi connectivity index (χ2v) is 6.76. The highest BCUT2D eigenvalue weighted by Gasteiger charge is 2.26. The lowest BCUT2D eigenvalue weighted by molar-refractivity contribution is 0.0623. The molecule has 1 fully saturated rings. The minimum absolute atomic E-state index is 0.0423. The number of hydrogen-bond donors (Lipinski definition) is 0. The lowest BCUT2D eigenvalue weighted by Gasteiger charge is -2.35. The molecule has 156 valence electrons. The van der Waals surface area contributed by atoms with Gasteiger partial charge in [-0.05, 0) is 18.2 Å². The molecule has 1 heterocycles. The van der Waals surface area contributed by atoms with Crippen molar-refractivity contribution < 1.29 is 23.7 Å². The molecule has 3 rings (SSSR count). The van der Waals surface area contributed by atoms with Gasteiger partial charge in [-0.3, -0.25) is 9.69 Å². The van der Waals surface area contributed by atoms with E-state index in [2.05, 4.69) is 4.90 Å². The second-order valence-electron chi connectivity index (χ2n) is 6.76. The van der Waals surface area contributed by atoms with Crippen molar-refractivity contribution in [3.63, 3.8) is 0 Å². The molecule has 1 aliphatic rings. The number of methoxy groups -OCH3 is 4. The highest BCUT2D eigenvalue weighted by atomic mass is 16.5. The van der Waals surface area contributed by atoms with Crippen LogP contribution in [0.2, 0.25) is 0 Å². The molecule has 0 aliphatic carbocycles. The Kier molecular flexibility index (Phi) is 6.82. The van der Waals surface area contributed by atoms with Gasteiger partial charge in [0.05, 0.1) is 34.0 Å². The van der Waals surface area contributed by atoms with Crippen LogP contribution in [-0.4, -0.2) is 70.3 Å². The maximum atomic E-state index is 13.0. The number of hydrogen-bond acceptors (Lipinski definition) is 6. The fraction of sp³-hybridized carbons (Fsp3) is 0.409. The summed E-state index contributed by atoms with van der Waals surface area (Å²) in [6.45, 7) is 3.58. The van der Waals surface area contributed by atoms with Crippen LogP contribution in [0.5, 0.6) is 23.0 Å². The van der Waals surface area contributed by atoms with Crippen LogP contribution in [0.25, 0.3) is 0 Å². The lowest BCUT2D eigenvalue weighted by atomic mass is 10.1. The minimum Gasteiger partial charge on any atom is -0.493 e. The average molecular weight is 400 g/mol. The quantitative estimate of drug-likeness (QED) is 0.712. The smallest absolute Gasteiger partial charge is 0.257 e. The van der Waals surface area contributed by atoms with Gasteiger partial charge < -0.3 is 23.8 Å². The first-order valence-corrected chi connectivity index (χ1v) is 9.55. The number of piperazine rings is 1. The number of benzene rings is 2. The number of carbonyl (C=O) groups excluding carboxylic acids is 1. The summed E-state index contributed by atoms with van der Waals surface area (Å²) in [5, 5.41) is 0. The Morgan fingerprint density at radius 2 is 1.38 bits per heavy atom. The van der Waals surface area contributed by atoms with E-state index in [9.17, 15) is 4.79 Å². The summed E-state index contributed by atoms with van der Waals surface area (Å²) in [7, 11) is 6.41. The SMILES string of the molecule is COc1cccc(CN2CCN(C(=O)c3cccc(OC)c3OC)CC2)c1OC. The highest BCUT2D eigenvalue weighted by molar-refractivity contribution is 5.97. The zero-order valence-electron chi connectivity index (χ0n) is 17.4. The Balaban J connectivity index is 1.67. The van der Waals surface area contributed by atoms with E-state index in [1.807, 2.05) is 23.1 Å². The molecule has 0 saturated carbocycles. The third-order valence-corrected chi connectivity index (χ3v) is 5.17. The van der Waals surface area contributed by atoms with Crippen LogP contribution in [0, 0.1) is 0 Å². The molecule has 0 atom stereocenters. The van der Waals surface area contributed by atoms with Crippen LogP contribution >= 0.6 is 0 Å². The summed E-state index contributed by atoms with van der Waals surface area (Å²) in [5.74, 6) is 2.48. The van der Waals surface area contributed by atoms with Crippen LogP contribution in [-0.2, 0) is 6.54 Å². The molecule has 29 heavy (non-hydrogen) atoms. The van der Waals surface area contributed by atoms with Gasteiger partial charge in [-0.25, -0.2) is 0 Å². The Labute approximate surface area is 171 Å². The number of amides is 1. The first-order valence-electron chi connectivity index (χ1n) is 9.55. The van der Waals surface area contributed by atoms with Gasteiger partial charge in [0.1, 0.15) is 0 Å². The van der Waals surface area contributed by atoms with Crippen molar-refractivity contribution in [1.82, 2.24) is 9.80 Å². The molecule has 0 N–H and O–H groups in total. The number of para-hydroxylation sites is 2. The molecule has 7 heteroatoms. The van der Waals surface area contributed by atoms with Gasteiger partial charge in [0.25, 0.3) is 5.91 Å². The highest BCUT2D eigenvalue weighted by Crippen LogP contribution is 2.33. The van der Waals surface area contributed by atoms with Crippen molar-refractivity contribution in [2.75, 3.05) is 54.6 Å². The molecule has 1 amide bonds. The van der Waals surface area contributed by atoms with Crippen LogP contribution < -0.4 is 18.9 Å². The molecule has 0 unspecified atom stereocenters. The number of rotatable bonds is 7. The summed E-state index contributed by atoms with van der Waals surface area (Å²) < 4.78 is 21.6. The van der Waals surface area contributed by atoms with Crippen molar-refractivity contribution in [2.24, 2.45) is 0 Å². The first kappa shape index (κ1) is 20.8. The van der Waals surface area contributed by atoms with Gasteiger partial charge in [0.15, 0.2) is 23.0 Å². The molecular formula is C22H28N2O5. The molecule has 2 aromatic carbocycles. The van der Waals surface area contributed by atoms with Crippen LogP contribution in [0.15, 0.2) is 36.4 Å². The van der Waals surface area contributed by atoms with E-state index in [4.69, 9.17) is 18.9 Å². The summed E-state index contributed by atoms with van der Waals surface area (Å²) in [5.41, 5.74) is 1.59. The third-order valence-electron chi connectivity index (χ3n) is 5.17. The van der Waals surface area contributed by atoms with E-state index < -0.39 is 0 Å². The molecule has 1 saturated heterocycles. The Bertz CT molecular complexity index is 847. The van der Waals surface area contributed by atoms with Gasteiger partial charge in [-0.1, -0.05) is 18.2 Å². The summed E-state index contributed by atoms with van der Waals surface area (Å²) in [4.78, 5) is 17.2. The van der Waals surface area contributed by atoms with Crippen LogP contribution in [0.4, 0.5) is 0 Å². The zero-order chi connectivity index (χ0) is 20.8. The maximum absolute atomic E-state index is 13.0. The molecular weight excluding hydrogens is 372 g/mol. The largest absolute Gasteiger partial charge is 0.493 e. The van der Waals surface area contributed by atoms with E-state index in [-0.39, 0.29) is 5.91 Å². The number of carbonyl (C=O) groups is 1. The van der Waals surface area contributed by atoms with Crippen molar-refractivity contribution in [3.05, 3.63) is 47.5 Å². The van der Waals surface area contributed by atoms with E-state index in [0.717, 1.165) is 36.7 Å². The minimum atomic E-state index is -0.0423. The van der Waals surface area contributed by atoms with Gasteiger partial charge in [-0.15, -0.1) is 0 Å². The molecule has 1 aliphatic heterocycles. The first-order chi connectivity index (χ1) is 14.1. The molecule has 0 bridgehead atoms. The molecule has 0 radical (unpaired) electrons. The van der Waals surface area contributed by atoms with E-state index >= 15 is 0 Å². The fourth-order valence-electron chi connectivity index (χ4n) is 3.65. The van der Waals surface area contributed by atoms with Gasteiger partial charge in [-0.2, -0.15) is 0 Å². The van der Waals surface area contributed by atoms with Crippen LogP contribution in [0.3, 0.4) is 0 Å². The predicted octanol–water partition coefficient (Wildman–Crippen LogP) is 2.68. The van der Waals surface area contributed by atoms with E-state index in [0.29, 0.717) is 30.2 Å². The normalized spacial score (nSPS) is 14.4. The monoisotopic (exact) mass is 400 g/mol. The topological polar surface area (TPSA) is 60.5 Å². The van der Waals surface area contributed by atoms with Crippen molar-refractivity contribution in [1.29, 1.82) is 0 Å². The van der Waals surface area contributed by atoms with E-state index in [1.165, 1.54) is 0 Å². The number of ether oxygens (including phenoxy) is 4. The van der Waals surface area contributed by atoms with Crippen molar-refractivity contribution >= 4 is 5.91 Å². The third kappa shape index (κ3) is 4.40. The lowest BCUT2D eigenvalue weighted by Crippen LogP contribution is -2.48. The zero-order valence-corrected chi connectivity index (χ0v) is 17.4. The molecule has 0 aromatic heterocycles. The van der Waals surface area contributed by atoms with Crippen molar-refractivity contribution in [3.8, 4) is 23.0 Å². The Hall–Kier alpha value is -2.93. The number of nitrogens with zero attached hydrogens (tertiary/aromatic N) is 2. The Morgan fingerprint density at radius 1 is 0.793 bits per heavy atom. The second kappa shape index (κ2) is 9.52. The predicted molar refractivity (Wildman–Crippen MR) is 110 cm³/mol. The molecule has 0 spiro atoms. The average Bonchev–Trinajstić information content (AvgIpc) is 2.78. The molecule has 7 nitrogen and oxygen atoms in total. The molecule has 2 aromatic rings. The summed E-state index contributed by atoms with van der Waals surface area (Å²) >= 11 is 0. The van der Waals surface area contributed by atoms with Gasteiger partial charge in [0, 0.05) is 38.3 Å². The maximum Gasteiger partial charge on any atom is 0.257 e. The van der Waals surface area contributed by atoms with E-state index in [1.54, 1.807) is 46.6 Å². The summed E-state index contributed by atoms with van der Waals surface area (Å²) in [6, 6.07) is 11.3. The van der Waals surface area contributed by atoms with Gasteiger partial charge in [0.2, 0.25) is 0 Å². The fourth-order valence-corrected chi connectivity index (χ4v) is 3.65. The summed E-state index contributed by atoms with van der Waals surface area (Å²) in [6.07, 6.45) is 0. The van der Waals surface area contributed by atoms with Gasteiger partial charge >= 0.3 is 0 Å².